The predicted octanol–water partition coefficient (Wildman–Crippen LogP) is 2.66. The van der Waals surface area contributed by atoms with Gasteiger partial charge < -0.3 is 0 Å². The molecule has 1 heterocycles. The van der Waals surface area contributed by atoms with Crippen LogP contribution >= 0.6 is 11.6 Å². The maximum atomic E-state index is 13.6. The minimum absolute atomic E-state index is 0.228. The van der Waals surface area contributed by atoms with Crippen LogP contribution in [0.25, 0.3) is 0 Å². The smallest absolute Gasteiger partial charge is 0.242 e. The number of anilines is 1. The fraction of sp³-hybridized carbons (Fsp3) is 0.214. The second kappa shape index (κ2) is 5.84. The Morgan fingerprint density at radius 1 is 1.23 bits per heavy atom. The number of nitrogens with one attached hydrogen (secondary N) is 2. The van der Waals surface area contributed by atoms with E-state index in [-0.39, 0.29) is 22.5 Å². The van der Waals surface area contributed by atoms with Crippen LogP contribution in [-0.4, -0.2) is 16.1 Å². The lowest BCUT2D eigenvalue weighted by atomic mass is 10.1. The Kier molecular flexibility index (Phi) is 3.89. The normalized spacial score (nSPS) is 19.6. The van der Waals surface area contributed by atoms with Gasteiger partial charge >= 0.3 is 0 Å². The summed E-state index contributed by atoms with van der Waals surface area (Å²) in [6.45, 7) is 0. The molecule has 1 saturated carbocycles. The molecule has 1 aliphatic carbocycles. The van der Waals surface area contributed by atoms with E-state index in [1.165, 1.54) is 6.07 Å². The molecular formula is C14H11ClF2N4O. The van der Waals surface area contributed by atoms with E-state index in [0.717, 1.165) is 18.2 Å². The van der Waals surface area contributed by atoms with Gasteiger partial charge in [-0.05, 0) is 48.2 Å². The minimum Gasteiger partial charge on any atom is -0.280 e. The summed E-state index contributed by atoms with van der Waals surface area (Å²) in [7, 11) is 0. The number of hydrazine groups is 1. The molecule has 8 heteroatoms. The van der Waals surface area contributed by atoms with Gasteiger partial charge in [0.15, 0.2) is 11.0 Å². The first-order valence-electron chi connectivity index (χ1n) is 6.54. The van der Waals surface area contributed by atoms with E-state index in [1.54, 1.807) is 6.07 Å². The number of nitrogens with zero attached hydrogens (tertiary/aromatic N) is 2. The van der Waals surface area contributed by atoms with Gasteiger partial charge in [0.2, 0.25) is 5.91 Å². The third-order valence-corrected chi connectivity index (χ3v) is 3.63. The summed E-state index contributed by atoms with van der Waals surface area (Å²) in [5, 5.41) is 7.56. The molecule has 0 bridgehead atoms. The monoisotopic (exact) mass is 324 g/mol. The van der Waals surface area contributed by atoms with E-state index in [4.69, 9.17) is 11.6 Å². The molecule has 0 saturated heterocycles. The standard InChI is InChI=1S/C14H11ClF2N4O/c15-12-3-4-13(19-18-12)20-21-14(22)10-6-8(10)9-5-7(16)1-2-11(9)17/h1-5,8,10H,6H2,(H,19,20)(H,21,22)/t8-,10-/m0/s1. The number of aromatic nitrogens is 2. The van der Waals surface area contributed by atoms with E-state index in [0.29, 0.717) is 12.2 Å². The molecule has 3 rings (SSSR count). The van der Waals surface area contributed by atoms with Crippen LogP contribution in [0.1, 0.15) is 17.9 Å². The lowest BCUT2D eigenvalue weighted by Gasteiger charge is -2.07. The first kappa shape index (κ1) is 14.6. The van der Waals surface area contributed by atoms with Gasteiger partial charge in [-0.25, -0.2) is 8.78 Å². The number of benzene rings is 1. The van der Waals surface area contributed by atoms with Gasteiger partial charge in [-0.2, -0.15) is 0 Å². The van der Waals surface area contributed by atoms with Crippen molar-refractivity contribution >= 4 is 23.3 Å². The largest absolute Gasteiger partial charge is 0.280 e. The van der Waals surface area contributed by atoms with Crippen molar-refractivity contribution in [3.63, 3.8) is 0 Å². The number of carbonyl (C=O) groups excluding carboxylic acids is 1. The summed E-state index contributed by atoms with van der Waals surface area (Å²) in [5.74, 6) is -1.72. The van der Waals surface area contributed by atoms with Crippen molar-refractivity contribution in [1.82, 2.24) is 15.6 Å². The Morgan fingerprint density at radius 3 is 2.77 bits per heavy atom. The molecule has 2 atom stereocenters. The molecule has 1 aromatic carbocycles. The van der Waals surface area contributed by atoms with Crippen LogP contribution in [0.15, 0.2) is 30.3 Å². The van der Waals surface area contributed by atoms with Crippen LogP contribution in [-0.2, 0) is 4.79 Å². The topological polar surface area (TPSA) is 66.9 Å². The molecule has 0 radical (unpaired) electrons. The zero-order valence-corrected chi connectivity index (χ0v) is 11.9. The molecule has 22 heavy (non-hydrogen) atoms. The lowest BCUT2D eigenvalue weighted by molar-refractivity contribution is -0.121. The second-order valence-corrected chi connectivity index (χ2v) is 5.36. The third-order valence-electron chi connectivity index (χ3n) is 3.43. The van der Waals surface area contributed by atoms with Gasteiger partial charge in [0.1, 0.15) is 11.6 Å². The average molecular weight is 325 g/mol. The number of rotatable bonds is 4. The maximum absolute atomic E-state index is 13.6. The molecule has 1 amide bonds. The van der Waals surface area contributed by atoms with Gasteiger partial charge in [0, 0.05) is 5.92 Å². The summed E-state index contributed by atoms with van der Waals surface area (Å²) >= 11 is 5.59. The molecule has 0 spiro atoms. The minimum atomic E-state index is -0.517. The first-order chi connectivity index (χ1) is 10.5. The van der Waals surface area contributed by atoms with E-state index in [1.807, 2.05) is 0 Å². The van der Waals surface area contributed by atoms with Crippen LogP contribution in [0.5, 0.6) is 0 Å². The lowest BCUT2D eigenvalue weighted by Crippen LogP contribution is -2.31. The molecular weight excluding hydrogens is 314 g/mol. The number of hydrogen-bond donors (Lipinski definition) is 2. The van der Waals surface area contributed by atoms with Crippen molar-refractivity contribution in [1.29, 1.82) is 0 Å². The fourth-order valence-electron chi connectivity index (χ4n) is 2.23. The van der Waals surface area contributed by atoms with Gasteiger partial charge in [-0.3, -0.25) is 15.6 Å². The fourth-order valence-corrected chi connectivity index (χ4v) is 2.33. The zero-order valence-electron chi connectivity index (χ0n) is 11.2. The average Bonchev–Trinajstić information content (AvgIpc) is 3.29. The van der Waals surface area contributed by atoms with Gasteiger partial charge in [0.05, 0.1) is 0 Å². The molecule has 1 aliphatic rings. The molecule has 0 aliphatic heterocycles. The van der Waals surface area contributed by atoms with Crippen molar-refractivity contribution in [2.24, 2.45) is 5.92 Å². The van der Waals surface area contributed by atoms with Crippen LogP contribution in [0.4, 0.5) is 14.6 Å². The van der Waals surface area contributed by atoms with Crippen molar-refractivity contribution in [2.45, 2.75) is 12.3 Å². The Morgan fingerprint density at radius 2 is 2.05 bits per heavy atom. The third kappa shape index (κ3) is 3.14. The summed E-state index contributed by atoms with van der Waals surface area (Å²) in [5.41, 5.74) is 5.28. The van der Waals surface area contributed by atoms with E-state index in [9.17, 15) is 13.6 Å². The van der Waals surface area contributed by atoms with Gasteiger partial charge in [0.25, 0.3) is 0 Å². The maximum Gasteiger partial charge on any atom is 0.242 e. The van der Waals surface area contributed by atoms with Crippen molar-refractivity contribution in [3.8, 4) is 0 Å². The molecule has 0 unspecified atom stereocenters. The Balaban J connectivity index is 1.58. The zero-order chi connectivity index (χ0) is 15.7. The number of hydrogen-bond acceptors (Lipinski definition) is 4. The molecule has 114 valence electrons. The summed E-state index contributed by atoms with van der Waals surface area (Å²) in [4.78, 5) is 12.0. The molecule has 2 N–H and O–H groups in total. The number of halogens is 3. The molecule has 1 aromatic heterocycles. The predicted molar refractivity (Wildman–Crippen MR) is 76.0 cm³/mol. The quantitative estimate of drug-likeness (QED) is 0.849. The molecule has 2 aromatic rings. The highest BCUT2D eigenvalue weighted by Gasteiger charge is 2.45. The highest BCUT2D eigenvalue weighted by molar-refractivity contribution is 6.29. The highest BCUT2D eigenvalue weighted by atomic mass is 35.5. The van der Waals surface area contributed by atoms with Crippen LogP contribution in [0.2, 0.25) is 5.15 Å². The summed E-state index contributed by atoms with van der Waals surface area (Å²) < 4.78 is 26.8. The van der Waals surface area contributed by atoms with E-state index in [2.05, 4.69) is 21.0 Å². The van der Waals surface area contributed by atoms with Crippen molar-refractivity contribution in [2.75, 3.05) is 5.43 Å². The second-order valence-electron chi connectivity index (χ2n) is 4.97. The summed E-state index contributed by atoms with van der Waals surface area (Å²) in [6.07, 6.45) is 0.472. The molecule has 5 nitrogen and oxygen atoms in total. The van der Waals surface area contributed by atoms with Crippen LogP contribution < -0.4 is 10.9 Å². The summed E-state index contributed by atoms with van der Waals surface area (Å²) in [6, 6.07) is 6.32. The SMILES string of the molecule is O=C(NNc1ccc(Cl)nn1)[C@H]1C[C@H]1c1cc(F)ccc1F. The van der Waals surface area contributed by atoms with Crippen molar-refractivity contribution in [3.05, 3.63) is 52.7 Å². The van der Waals surface area contributed by atoms with Crippen LogP contribution in [0.3, 0.4) is 0 Å². The Bertz CT molecular complexity index is 710. The molecule has 1 fully saturated rings. The number of amides is 1. The van der Waals surface area contributed by atoms with Crippen molar-refractivity contribution < 1.29 is 13.6 Å². The number of carbonyl (C=O) groups is 1. The first-order valence-corrected chi connectivity index (χ1v) is 6.92. The van der Waals surface area contributed by atoms with Gasteiger partial charge in [-0.1, -0.05) is 11.6 Å². The Hall–Kier alpha value is -2.28. The Labute approximate surface area is 129 Å². The van der Waals surface area contributed by atoms with E-state index < -0.39 is 17.6 Å². The van der Waals surface area contributed by atoms with Gasteiger partial charge in [-0.15, -0.1) is 10.2 Å². The van der Waals surface area contributed by atoms with E-state index >= 15 is 0 Å². The highest BCUT2D eigenvalue weighted by Crippen LogP contribution is 2.48. The van der Waals surface area contributed by atoms with Crippen LogP contribution in [0, 0.1) is 17.6 Å².